The summed E-state index contributed by atoms with van der Waals surface area (Å²) in [6.45, 7) is 4.10. The lowest BCUT2D eigenvalue weighted by Crippen LogP contribution is -2.44. The van der Waals surface area contributed by atoms with E-state index in [1.54, 1.807) is 6.07 Å². The highest BCUT2D eigenvalue weighted by Gasteiger charge is 2.38. The van der Waals surface area contributed by atoms with Gasteiger partial charge in [-0.3, -0.25) is 4.79 Å². The summed E-state index contributed by atoms with van der Waals surface area (Å²) in [6.07, 6.45) is 10.9. The third kappa shape index (κ3) is 5.71. The van der Waals surface area contributed by atoms with Gasteiger partial charge >= 0.3 is 10.2 Å². The van der Waals surface area contributed by atoms with Gasteiger partial charge in [-0.25, -0.2) is 4.72 Å². The predicted molar refractivity (Wildman–Crippen MR) is 160 cm³/mol. The van der Waals surface area contributed by atoms with Crippen LogP contribution in [-0.4, -0.2) is 67.8 Å². The summed E-state index contributed by atoms with van der Waals surface area (Å²) >= 11 is 0. The lowest BCUT2D eigenvalue weighted by Gasteiger charge is -2.36. The van der Waals surface area contributed by atoms with E-state index in [2.05, 4.69) is 31.9 Å². The Balaban J connectivity index is 1.60. The van der Waals surface area contributed by atoms with Crippen molar-refractivity contribution in [3.05, 3.63) is 52.4 Å². The molecule has 0 unspecified atom stereocenters. The molecular formula is C31H42N4O5S. The fourth-order valence-electron chi connectivity index (χ4n) is 7.10. The average molecular weight is 583 g/mol. The van der Waals surface area contributed by atoms with Gasteiger partial charge < -0.3 is 19.3 Å². The standard InChI is InChI=1S/C31H42N4O5S/c1-21-8-6-11-25-28-27(22-9-4-3-5-10-22)24-13-12-23-18-26(24)35(28)19-31(37,20-40-29(21)25)14-17-34(2)16-7-15-32-41(38,39)33-30(23)36/h8,12-13,18,22,32,37H,3-7,9-11,14-17,19-20H2,1-2H3,(H,33,36)/t31-/m0/s1. The first kappa shape index (κ1) is 28.5. The summed E-state index contributed by atoms with van der Waals surface area (Å²) < 4.78 is 38.7. The molecule has 1 saturated carbocycles. The SMILES string of the molecule is CC1=CCCC2=C1OC[C@]1(O)CCN(C)CCCNS(=O)(=O)NC(=O)c3ccc4c(C5CCCCC5)c2n(c4c3)C1. The number of nitrogens with zero attached hydrogens (tertiary/aromatic N) is 2. The van der Waals surface area contributed by atoms with Gasteiger partial charge in [-0.2, -0.15) is 13.1 Å². The Kier molecular flexibility index (Phi) is 7.78. The Labute approximate surface area is 242 Å². The molecule has 10 heteroatoms. The summed E-state index contributed by atoms with van der Waals surface area (Å²) in [5.74, 6) is 0.576. The van der Waals surface area contributed by atoms with Crippen molar-refractivity contribution >= 4 is 32.6 Å². The van der Waals surface area contributed by atoms with Crippen molar-refractivity contribution in [1.82, 2.24) is 18.9 Å². The number of amides is 1. The number of hydrogen-bond donors (Lipinski definition) is 3. The van der Waals surface area contributed by atoms with Crippen LogP contribution < -0.4 is 9.44 Å². The van der Waals surface area contributed by atoms with Crippen molar-refractivity contribution in [1.29, 1.82) is 0 Å². The van der Waals surface area contributed by atoms with Gasteiger partial charge in [0, 0.05) is 35.1 Å². The van der Waals surface area contributed by atoms with Gasteiger partial charge in [-0.15, -0.1) is 0 Å². The van der Waals surface area contributed by atoms with E-state index >= 15 is 0 Å². The first-order valence-corrected chi connectivity index (χ1v) is 16.5. The Morgan fingerprint density at radius 3 is 2.73 bits per heavy atom. The third-order valence-electron chi connectivity index (χ3n) is 9.27. The molecule has 0 saturated heterocycles. The third-order valence-corrected chi connectivity index (χ3v) is 10.3. The van der Waals surface area contributed by atoms with Crippen LogP contribution in [0.3, 0.4) is 0 Å². The molecule has 6 rings (SSSR count). The van der Waals surface area contributed by atoms with E-state index in [4.69, 9.17) is 4.74 Å². The maximum atomic E-state index is 13.2. The number of hydrogen-bond acceptors (Lipinski definition) is 6. The van der Waals surface area contributed by atoms with Crippen LogP contribution in [0.1, 0.15) is 92.2 Å². The molecule has 1 atom stereocenters. The molecule has 2 aliphatic carbocycles. The zero-order valence-electron chi connectivity index (χ0n) is 24.2. The normalized spacial score (nSPS) is 26.7. The van der Waals surface area contributed by atoms with E-state index in [1.807, 2.05) is 19.2 Å². The minimum absolute atomic E-state index is 0.183. The molecule has 222 valence electrons. The van der Waals surface area contributed by atoms with Crippen LogP contribution in [-0.2, 0) is 21.5 Å². The van der Waals surface area contributed by atoms with Gasteiger partial charge in [0.15, 0.2) is 0 Å². The smallest absolute Gasteiger partial charge is 0.301 e. The van der Waals surface area contributed by atoms with Crippen LogP contribution in [0, 0.1) is 0 Å². The lowest BCUT2D eigenvalue weighted by atomic mass is 9.80. The molecule has 41 heavy (non-hydrogen) atoms. The number of rotatable bonds is 1. The largest absolute Gasteiger partial charge is 0.490 e. The minimum atomic E-state index is -3.99. The summed E-state index contributed by atoms with van der Waals surface area (Å²) in [4.78, 5) is 15.3. The second-order valence-corrected chi connectivity index (χ2v) is 13.9. The summed E-state index contributed by atoms with van der Waals surface area (Å²) in [5.41, 5.74) is 4.68. The van der Waals surface area contributed by atoms with Crippen LogP contribution in [0.25, 0.3) is 16.5 Å². The van der Waals surface area contributed by atoms with Crippen molar-refractivity contribution in [3.63, 3.8) is 0 Å². The van der Waals surface area contributed by atoms with Gasteiger partial charge in [-0.1, -0.05) is 31.4 Å². The molecule has 0 radical (unpaired) electrons. The van der Waals surface area contributed by atoms with Gasteiger partial charge in [0.25, 0.3) is 5.91 Å². The lowest BCUT2D eigenvalue weighted by molar-refractivity contribution is -0.0489. The molecule has 2 aliphatic heterocycles. The van der Waals surface area contributed by atoms with E-state index in [0.717, 1.165) is 53.6 Å². The van der Waals surface area contributed by atoms with Crippen LogP contribution in [0.5, 0.6) is 0 Å². The van der Waals surface area contributed by atoms with Crippen LogP contribution in [0.4, 0.5) is 0 Å². The number of benzene rings is 1. The van der Waals surface area contributed by atoms with Gasteiger partial charge in [0.1, 0.15) is 18.0 Å². The Hall–Kier alpha value is -2.66. The fraction of sp³-hybridized carbons (Fsp3) is 0.581. The summed E-state index contributed by atoms with van der Waals surface area (Å²) in [5, 5.41) is 13.2. The number of aromatic nitrogens is 1. The monoisotopic (exact) mass is 582 g/mol. The minimum Gasteiger partial charge on any atom is -0.490 e. The predicted octanol–water partition coefficient (Wildman–Crippen LogP) is 4.19. The zero-order chi connectivity index (χ0) is 28.8. The molecule has 2 aromatic rings. The molecule has 1 amide bonds. The molecule has 1 fully saturated rings. The highest BCUT2D eigenvalue weighted by molar-refractivity contribution is 7.88. The van der Waals surface area contributed by atoms with Crippen molar-refractivity contribution < 1.29 is 23.1 Å². The highest BCUT2D eigenvalue weighted by Crippen LogP contribution is 2.47. The molecular weight excluding hydrogens is 540 g/mol. The van der Waals surface area contributed by atoms with Crippen molar-refractivity contribution in [2.45, 2.75) is 82.8 Å². The van der Waals surface area contributed by atoms with Crippen molar-refractivity contribution in [2.75, 3.05) is 33.3 Å². The molecule has 1 aromatic heterocycles. The number of ether oxygens (including phenoxy) is 1. The molecule has 4 bridgehead atoms. The van der Waals surface area contributed by atoms with E-state index < -0.39 is 21.7 Å². The quantitative estimate of drug-likeness (QED) is 0.465. The van der Waals surface area contributed by atoms with E-state index in [1.165, 1.54) is 30.4 Å². The van der Waals surface area contributed by atoms with Crippen LogP contribution in [0.2, 0.25) is 0 Å². The summed E-state index contributed by atoms with van der Waals surface area (Å²) in [7, 11) is -2.02. The molecule has 0 spiro atoms. The van der Waals surface area contributed by atoms with E-state index in [0.29, 0.717) is 38.4 Å². The number of carbonyl (C=O) groups excluding carboxylic acids is 1. The first-order chi connectivity index (χ1) is 19.6. The maximum Gasteiger partial charge on any atom is 0.301 e. The Morgan fingerprint density at radius 2 is 1.93 bits per heavy atom. The van der Waals surface area contributed by atoms with Crippen molar-refractivity contribution in [3.8, 4) is 0 Å². The van der Waals surface area contributed by atoms with Crippen LogP contribution in [0.15, 0.2) is 35.6 Å². The zero-order valence-corrected chi connectivity index (χ0v) is 25.0. The van der Waals surface area contributed by atoms with Gasteiger partial charge in [-0.05, 0) is 88.2 Å². The number of nitrogens with one attached hydrogen (secondary N) is 2. The topological polar surface area (TPSA) is 113 Å². The average Bonchev–Trinajstić information content (AvgIpc) is 3.25. The maximum absolute atomic E-state index is 13.2. The van der Waals surface area contributed by atoms with Gasteiger partial charge in [0.2, 0.25) is 0 Å². The second-order valence-electron chi connectivity index (χ2n) is 12.4. The Morgan fingerprint density at radius 1 is 1.12 bits per heavy atom. The first-order valence-electron chi connectivity index (χ1n) is 15.1. The number of fused-ring (bicyclic) bond motifs is 3. The molecule has 3 heterocycles. The Bertz CT molecular complexity index is 1520. The summed E-state index contributed by atoms with van der Waals surface area (Å²) in [6, 6.07) is 5.52. The van der Waals surface area contributed by atoms with Crippen molar-refractivity contribution in [2.24, 2.45) is 0 Å². The van der Waals surface area contributed by atoms with E-state index in [9.17, 15) is 18.3 Å². The molecule has 9 nitrogen and oxygen atoms in total. The number of aliphatic hydroxyl groups is 1. The molecule has 1 aromatic carbocycles. The molecule has 4 aliphatic rings. The van der Waals surface area contributed by atoms with Crippen LogP contribution >= 0.6 is 0 Å². The molecule has 3 N–H and O–H groups in total. The van der Waals surface area contributed by atoms with E-state index in [-0.39, 0.29) is 18.7 Å². The number of carbonyl (C=O) groups is 1. The second kappa shape index (κ2) is 11.2. The fourth-order valence-corrected chi connectivity index (χ4v) is 7.94. The van der Waals surface area contributed by atoms with Gasteiger partial charge in [0.05, 0.1) is 12.2 Å². The number of allylic oxidation sites excluding steroid dienone is 3. The highest BCUT2D eigenvalue weighted by atomic mass is 32.2.